The topological polar surface area (TPSA) is 67.9 Å². The van der Waals surface area contributed by atoms with Gasteiger partial charge in [0.25, 0.3) is 0 Å². The van der Waals surface area contributed by atoms with E-state index in [1.54, 1.807) is 4.90 Å². The highest BCUT2D eigenvalue weighted by molar-refractivity contribution is 5.85. The Morgan fingerprint density at radius 2 is 1.71 bits per heavy atom. The number of ether oxygens (including phenoxy) is 2. The van der Waals surface area contributed by atoms with Gasteiger partial charge in [-0.1, -0.05) is 18.2 Å². The summed E-state index contributed by atoms with van der Waals surface area (Å²) in [5.74, 6) is -0.310. The molecule has 6 heteroatoms. The van der Waals surface area contributed by atoms with Crippen molar-refractivity contribution in [1.82, 2.24) is 4.90 Å². The fourth-order valence-corrected chi connectivity index (χ4v) is 2.77. The molecule has 1 aromatic carbocycles. The molecule has 0 radical (unpaired) electrons. The number of anilines is 1. The summed E-state index contributed by atoms with van der Waals surface area (Å²) in [6.07, 6.45) is 0.586. The first-order chi connectivity index (χ1) is 11.3. The Balaban J connectivity index is 2.07. The van der Waals surface area contributed by atoms with Gasteiger partial charge in [-0.3, -0.25) is 0 Å². The minimum atomic E-state index is -0.825. The summed E-state index contributed by atoms with van der Waals surface area (Å²) in [4.78, 5) is 26.2. The van der Waals surface area contributed by atoms with Gasteiger partial charge in [-0.2, -0.15) is 0 Å². The van der Waals surface area contributed by atoms with E-state index in [-0.39, 0.29) is 12.1 Å². The van der Waals surface area contributed by atoms with Crippen molar-refractivity contribution in [3.63, 3.8) is 0 Å². The lowest BCUT2D eigenvalue weighted by Crippen LogP contribution is -2.56. The zero-order chi connectivity index (χ0) is 17.8. The molecular weight excluding hydrogens is 308 g/mol. The Kier molecular flexibility index (Phi) is 5.36. The smallest absolute Gasteiger partial charge is 0.410 e. The molecule has 0 atom stereocenters. The minimum Gasteiger partial charge on any atom is -0.467 e. The number of para-hydroxylation sites is 1. The summed E-state index contributed by atoms with van der Waals surface area (Å²) in [6, 6.07) is 9.54. The summed E-state index contributed by atoms with van der Waals surface area (Å²) in [7, 11) is 1.39. The molecule has 1 aliphatic rings. The van der Waals surface area contributed by atoms with E-state index in [0.29, 0.717) is 25.9 Å². The fourth-order valence-electron chi connectivity index (χ4n) is 2.77. The summed E-state index contributed by atoms with van der Waals surface area (Å²) >= 11 is 0. The van der Waals surface area contributed by atoms with Gasteiger partial charge in [0.05, 0.1) is 7.11 Å². The third-order valence-electron chi connectivity index (χ3n) is 4.00. The van der Waals surface area contributed by atoms with Crippen LogP contribution in [0.25, 0.3) is 0 Å². The molecule has 1 aromatic rings. The number of esters is 1. The van der Waals surface area contributed by atoms with Crippen molar-refractivity contribution < 1.29 is 19.1 Å². The molecule has 0 spiro atoms. The number of amides is 1. The molecule has 1 amide bonds. The Labute approximate surface area is 143 Å². The lowest BCUT2D eigenvalue weighted by molar-refractivity contribution is -0.147. The number of likely N-dealkylation sites (tertiary alicyclic amines) is 1. The maximum atomic E-state index is 12.4. The molecule has 1 saturated heterocycles. The number of hydrogen-bond donors (Lipinski definition) is 1. The van der Waals surface area contributed by atoms with Crippen molar-refractivity contribution in [2.75, 3.05) is 25.5 Å². The van der Waals surface area contributed by atoms with E-state index in [4.69, 9.17) is 9.47 Å². The summed E-state index contributed by atoms with van der Waals surface area (Å²) in [5.41, 5.74) is -0.501. The predicted molar refractivity (Wildman–Crippen MR) is 91.9 cm³/mol. The molecule has 2 rings (SSSR count). The third kappa shape index (κ3) is 4.40. The van der Waals surface area contributed by atoms with Gasteiger partial charge in [-0.05, 0) is 45.7 Å². The molecule has 0 bridgehead atoms. The van der Waals surface area contributed by atoms with Crippen LogP contribution in [0.5, 0.6) is 0 Å². The van der Waals surface area contributed by atoms with Crippen LogP contribution in [0.15, 0.2) is 30.3 Å². The number of methoxy groups -OCH3 is 1. The molecule has 1 fully saturated rings. The van der Waals surface area contributed by atoms with Gasteiger partial charge in [0.2, 0.25) is 0 Å². The highest BCUT2D eigenvalue weighted by atomic mass is 16.6. The van der Waals surface area contributed by atoms with Crippen LogP contribution in [0.4, 0.5) is 10.5 Å². The second kappa shape index (κ2) is 7.11. The predicted octanol–water partition coefficient (Wildman–Crippen LogP) is 3.04. The number of piperidine rings is 1. The van der Waals surface area contributed by atoms with E-state index >= 15 is 0 Å². The lowest BCUT2D eigenvalue weighted by atomic mass is 9.87. The number of carbonyl (C=O) groups excluding carboxylic acids is 2. The second-order valence-corrected chi connectivity index (χ2v) is 7.03. The highest BCUT2D eigenvalue weighted by Crippen LogP contribution is 2.29. The quantitative estimate of drug-likeness (QED) is 0.861. The first-order valence-electron chi connectivity index (χ1n) is 8.15. The van der Waals surface area contributed by atoms with Crippen LogP contribution in [0, 0.1) is 0 Å². The Morgan fingerprint density at radius 3 is 2.21 bits per heavy atom. The number of benzene rings is 1. The average molecular weight is 334 g/mol. The normalized spacial score (nSPS) is 17.1. The molecule has 0 saturated carbocycles. The maximum Gasteiger partial charge on any atom is 0.410 e. The van der Waals surface area contributed by atoms with E-state index in [2.05, 4.69) is 5.32 Å². The molecule has 24 heavy (non-hydrogen) atoms. The van der Waals surface area contributed by atoms with Crippen molar-refractivity contribution in [2.45, 2.75) is 44.8 Å². The van der Waals surface area contributed by atoms with Crippen LogP contribution < -0.4 is 5.32 Å². The molecule has 0 aliphatic carbocycles. The maximum absolute atomic E-state index is 12.4. The van der Waals surface area contributed by atoms with Gasteiger partial charge in [0.15, 0.2) is 0 Å². The first kappa shape index (κ1) is 18.1. The van der Waals surface area contributed by atoms with Crippen molar-refractivity contribution in [3.05, 3.63) is 30.3 Å². The first-order valence-corrected chi connectivity index (χ1v) is 8.15. The van der Waals surface area contributed by atoms with Gasteiger partial charge in [-0.25, -0.2) is 9.59 Å². The van der Waals surface area contributed by atoms with Gasteiger partial charge >= 0.3 is 12.1 Å². The number of nitrogens with zero attached hydrogens (tertiary/aromatic N) is 1. The van der Waals surface area contributed by atoms with Crippen molar-refractivity contribution in [3.8, 4) is 0 Å². The third-order valence-corrected chi connectivity index (χ3v) is 4.00. The molecule has 0 aromatic heterocycles. The number of rotatable bonds is 3. The van der Waals surface area contributed by atoms with Gasteiger partial charge in [-0.15, -0.1) is 0 Å². The molecule has 0 unspecified atom stereocenters. The minimum absolute atomic E-state index is 0.310. The summed E-state index contributed by atoms with van der Waals surface area (Å²) in [5, 5.41) is 3.30. The van der Waals surface area contributed by atoms with Gasteiger partial charge in [0.1, 0.15) is 11.1 Å². The second-order valence-electron chi connectivity index (χ2n) is 7.03. The Bertz CT molecular complexity index is 572. The molecular formula is C18H26N2O4. The average Bonchev–Trinajstić information content (AvgIpc) is 2.54. The number of hydrogen-bond acceptors (Lipinski definition) is 5. The van der Waals surface area contributed by atoms with E-state index in [1.807, 2.05) is 51.1 Å². The van der Waals surface area contributed by atoms with Gasteiger partial charge in [0, 0.05) is 18.8 Å². The molecule has 1 aliphatic heterocycles. The van der Waals surface area contributed by atoms with Crippen LogP contribution in [0.1, 0.15) is 33.6 Å². The van der Waals surface area contributed by atoms with E-state index in [1.165, 1.54) is 7.11 Å². The van der Waals surface area contributed by atoms with Crippen LogP contribution in [0.2, 0.25) is 0 Å². The largest absolute Gasteiger partial charge is 0.467 e. The number of carbonyl (C=O) groups is 2. The lowest BCUT2D eigenvalue weighted by Gasteiger charge is -2.40. The molecule has 6 nitrogen and oxygen atoms in total. The van der Waals surface area contributed by atoms with Crippen LogP contribution in [0.3, 0.4) is 0 Å². The van der Waals surface area contributed by atoms with Crippen molar-refractivity contribution in [2.24, 2.45) is 0 Å². The van der Waals surface area contributed by atoms with E-state index in [0.717, 1.165) is 5.69 Å². The summed E-state index contributed by atoms with van der Waals surface area (Å²) in [6.45, 7) is 6.38. The van der Waals surface area contributed by atoms with Crippen LogP contribution in [-0.2, 0) is 14.3 Å². The van der Waals surface area contributed by atoms with Crippen LogP contribution in [-0.4, -0.2) is 48.3 Å². The van der Waals surface area contributed by atoms with Crippen molar-refractivity contribution in [1.29, 1.82) is 0 Å². The zero-order valence-electron chi connectivity index (χ0n) is 14.8. The summed E-state index contributed by atoms with van der Waals surface area (Å²) < 4.78 is 10.4. The van der Waals surface area contributed by atoms with E-state index < -0.39 is 11.1 Å². The monoisotopic (exact) mass is 334 g/mol. The highest BCUT2D eigenvalue weighted by Gasteiger charge is 2.44. The molecule has 1 heterocycles. The number of nitrogens with one attached hydrogen (secondary N) is 1. The van der Waals surface area contributed by atoms with Crippen LogP contribution >= 0.6 is 0 Å². The van der Waals surface area contributed by atoms with Crippen molar-refractivity contribution >= 4 is 17.7 Å². The van der Waals surface area contributed by atoms with Gasteiger partial charge < -0.3 is 19.7 Å². The Hall–Kier alpha value is -2.24. The standard InChI is InChI=1S/C18H26N2O4/c1-17(2,3)24-16(22)20-12-10-18(11-13-20,15(21)23-4)19-14-8-6-5-7-9-14/h5-9,19H,10-13H2,1-4H3. The molecule has 1 N–H and O–H groups in total. The Morgan fingerprint density at radius 1 is 1.12 bits per heavy atom. The molecule has 132 valence electrons. The SMILES string of the molecule is COC(=O)C1(Nc2ccccc2)CCN(C(=O)OC(C)(C)C)CC1. The van der Waals surface area contributed by atoms with E-state index in [9.17, 15) is 9.59 Å². The fraction of sp³-hybridized carbons (Fsp3) is 0.556. The zero-order valence-corrected chi connectivity index (χ0v) is 14.8.